The molecule has 4 rings (SSSR count). The second-order valence-electron chi connectivity index (χ2n) is 7.86. The predicted octanol–water partition coefficient (Wildman–Crippen LogP) is 4.51. The highest BCUT2D eigenvalue weighted by molar-refractivity contribution is 9.10. The molecule has 0 unspecified atom stereocenters. The molecule has 3 aromatic rings. The number of H-pyrrole nitrogens is 1. The molecule has 0 bridgehead atoms. The molecule has 0 atom stereocenters. The Balaban J connectivity index is 1.25. The van der Waals surface area contributed by atoms with Crippen LogP contribution in [0.5, 0.6) is 0 Å². The standard InChI is InChI=1S/C23H24BrClN6O2/c24-19-20(29-30-21(19)28-22(32)16-5-1-2-6-17(16)25)23(33)27-12-8-15-9-13-31(14-10-15)18-7-3-4-11-26-18/h1-7,11,15H,8-10,12-14H2,(H,27,33)(H2,28,29,30,32). The van der Waals surface area contributed by atoms with Crippen LogP contribution < -0.4 is 15.5 Å². The first-order chi connectivity index (χ1) is 16.0. The van der Waals surface area contributed by atoms with Gasteiger partial charge < -0.3 is 15.5 Å². The summed E-state index contributed by atoms with van der Waals surface area (Å²) in [4.78, 5) is 31.8. The number of aromatic nitrogens is 3. The van der Waals surface area contributed by atoms with E-state index < -0.39 is 5.91 Å². The van der Waals surface area contributed by atoms with Crippen molar-refractivity contribution in [3.05, 3.63) is 69.4 Å². The van der Waals surface area contributed by atoms with Crippen molar-refractivity contribution in [2.24, 2.45) is 5.92 Å². The second-order valence-corrected chi connectivity index (χ2v) is 9.06. The maximum atomic E-state index is 12.6. The van der Waals surface area contributed by atoms with Crippen molar-refractivity contribution in [3.63, 3.8) is 0 Å². The average Bonchev–Trinajstić information content (AvgIpc) is 3.20. The van der Waals surface area contributed by atoms with E-state index in [4.69, 9.17) is 11.6 Å². The van der Waals surface area contributed by atoms with Crippen molar-refractivity contribution in [3.8, 4) is 0 Å². The lowest BCUT2D eigenvalue weighted by molar-refractivity contribution is 0.0944. The predicted molar refractivity (Wildman–Crippen MR) is 132 cm³/mol. The number of aromatic amines is 1. The fourth-order valence-electron chi connectivity index (χ4n) is 3.85. The number of benzene rings is 1. The number of hydrogen-bond acceptors (Lipinski definition) is 5. The Kier molecular flexibility index (Phi) is 7.61. The summed E-state index contributed by atoms with van der Waals surface area (Å²) in [6.07, 6.45) is 4.86. The number of nitrogens with zero attached hydrogens (tertiary/aromatic N) is 3. The summed E-state index contributed by atoms with van der Waals surface area (Å²) in [6, 6.07) is 12.7. The van der Waals surface area contributed by atoms with Crippen molar-refractivity contribution in [2.45, 2.75) is 19.3 Å². The third-order valence-electron chi connectivity index (χ3n) is 5.71. The fourth-order valence-corrected chi connectivity index (χ4v) is 4.53. The van der Waals surface area contributed by atoms with E-state index in [1.807, 2.05) is 24.4 Å². The van der Waals surface area contributed by atoms with Crippen molar-refractivity contribution < 1.29 is 9.59 Å². The third kappa shape index (κ3) is 5.72. The molecule has 172 valence electrons. The van der Waals surface area contributed by atoms with E-state index in [9.17, 15) is 9.59 Å². The normalized spacial score (nSPS) is 14.2. The number of carbonyl (C=O) groups excluding carboxylic acids is 2. The first kappa shape index (κ1) is 23.3. The SMILES string of the molecule is O=C(Nc1n[nH]c(C(=O)NCCC2CCN(c3ccccn3)CC2)c1Br)c1ccccc1Cl. The zero-order valence-electron chi connectivity index (χ0n) is 17.9. The number of hydrogen-bond donors (Lipinski definition) is 3. The minimum absolute atomic E-state index is 0.229. The molecule has 1 aliphatic heterocycles. The van der Waals surface area contributed by atoms with E-state index in [0.29, 0.717) is 27.5 Å². The van der Waals surface area contributed by atoms with Gasteiger partial charge in [-0.2, -0.15) is 5.10 Å². The number of piperidine rings is 1. The number of carbonyl (C=O) groups is 2. The van der Waals surface area contributed by atoms with Crippen LogP contribution in [0.25, 0.3) is 0 Å². The van der Waals surface area contributed by atoms with Crippen molar-refractivity contribution >= 4 is 51.0 Å². The van der Waals surface area contributed by atoms with E-state index in [1.54, 1.807) is 24.3 Å². The molecule has 1 aromatic carbocycles. The van der Waals surface area contributed by atoms with Crippen LogP contribution in [-0.4, -0.2) is 46.6 Å². The highest BCUT2D eigenvalue weighted by atomic mass is 79.9. The zero-order chi connectivity index (χ0) is 23.2. The van der Waals surface area contributed by atoms with Gasteiger partial charge >= 0.3 is 0 Å². The highest BCUT2D eigenvalue weighted by Crippen LogP contribution is 2.26. The Morgan fingerprint density at radius 3 is 2.61 bits per heavy atom. The molecule has 2 aromatic heterocycles. The van der Waals surface area contributed by atoms with Gasteiger partial charge in [0.2, 0.25) is 0 Å². The average molecular weight is 532 g/mol. The fraction of sp³-hybridized carbons (Fsp3) is 0.304. The summed E-state index contributed by atoms with van der Waals surface area (Å²) >= 11 is 9.43. The topological polar surface area (TPSA) is 103 Å². The minimum Gasteiger partial charge on any atom is -0.357 e. The molecule has 0 saturated carbocycles. The smallest absolute Gasteiger partial charge is 0.270 e. The Morgan fingerprint density at radius 1 is 1.12 bits per heavy atom. The van der Waals surface area contributed by atoms with E-state index >= 15 is 0 Å². The van der Waals surface area contributed by atoms with Crippen LogP contribution in [0.15, 0.2) is 53.1 Å². The Labute approximate surface area is 205 Å². The Bertz CT molecular complexity index is 1120. The van der Waals surface area contributed by atoms with Gasteiger partial charge in [0, 0.05) is 25.8 Å². The number of amides is 2. The van der Waals surface area contributed by atoms with Gasteiger partial charge in [0.15, 0.2) is 5.82 Å². The zero-order valence-corrected chi connectivity index (χ0v) is 20.2. The third-order valence-corrected chi connectivity index (χ3v) is 6.81. The molecule has 1 aliphatic rings. The summed E-state index contributed by atoms with van der Waals surface area (Å²) in [5, 5.41) is 12.7. The van der Waals surface area contributed by atoms with Crippen LogP contribution in [-0.2, 0) is 0 Å². The monoisotopic (exact) mass is 530 g/mol. The van der Waals surface area contributed by atoms with Crippen LogP contribution in [0.4, 0.5) is 11.6 Å². The van der Waals surface area contributed by atoms with E-state index in [-0.39, 0.29) is 17.4 Å². The van der Waals surface area contributed by atoms with Crippen molar-refractivity contribution in [1.82, 2.24) is 20.5 Å². The molecular formula is C23H24BrClN6O2. The van der Waals surface area contributed by atoms with Crippen LogP contribution >= 0.6 is 27.5 Å². The van der Waals surface area contributed by atoms with Gasteiger partial charge in [-0.15, -0.1) is 0 Å². The number of pyridine rings is 1. The molecule has 33 heavy (non-hydrogen) atoms. The van der Waals surface area contributed by atoms with E-state index in [0.717, 1.165) is 38.2 Å². The molecule has 10 heteroatoms. The molecule has 3 heterocycles. The Hall–Kier alpha value is -2.91. The molecule has 1 saturated heterocycles. The van der Waals surface area contributed by atoms with Gasteiger partial charge in [-0.05, 0) is 65.4 Å². The van der Waals surface area contributed by atoms with E-state index in [1.165, 1.54) is 0 Å². The second kappa shape index (κ2) is 10.8. The van der Waals surface area contributed by atoms with Gasteiger partial charge in [-0.1, -0.05) is 29.8 Å². The summed E-state index contributed by atoms with van der Waals surface area (Å²) in [5.41, 5.74) is 0.587. The van der Waals surface area contributed by atoms with Gasteiger partial charge in [0.1, 0.15) is 11.5 Å². The molecule has 0 radical (unpaired) electrons. The number of nitrogens with one attached hydrogen (secondary N) is 3. The number of halogens is 2. The molecule has 8 nitrogen and oxygen atoms in total. The van der Waals surface area contributed by atoms with Gasteiger partial charge in [-0.3, -0.25) is 14.7 Å². The number of rotatable bonds is 7. The molecule has 3 N–H and O–H groups in total. The minimum atomic E-state index is -0.406. The maximum absolute atomic E-state index is 12.6. The number of anilines is 2. The largest absolute Gasteiger partial charge is 0.357 e. The summed E-state index contributed by atoms with van der Waals surface area (Å²) in [5.74, 6) is 1.12. The van der Waals surface area contributed by atoms with Crippen LogP contribution in [0.2, 0.25) is 5.02 Å². The lowest BCUT2D eigenvalue weighted by Crippen LogP contribution is -2.35. The van der Waals surface area contributed by atoms with Crippen LogP contribution in [0, 0.1) is 5.92 Å². The summed E-state index contributed by atoms with van der Waals surface area (Å²) in [7, 11) is 0. The van der Waals surface area contributed by atoms with Crippen LogP contribution in [0.3, 0.4) is 0 Å². The van der Waals surface area contributed by atoms with Crippen LogP contribution in [0.1, 0.15) is 40.1 Å². The molecule has 0 aliphatic carbocycles. The summed E-state index contributed by atoms with van der Waals surface area (Å²) < 4.78 is 0.393. The maximum Gasteiger partial charge on any atom is 0.270 e. The van der Waals surface area contributed by atoms with Gasteiger partial charge in [0.05, 0.1) is 15.1 Å². The molecular weight excluding hydrogens is 508 g/mol. The van der Waals surface area contributed by atoms with Gasteiger partial charge in [0.25, 0.3) is 11.8 Å². The first-order valence-electron chi connectivity index (χ1n) is 10.8. The van der Waals surface area contributed by atoms with Gasteiger partial charge in [-0.25, -0.2) is 4.98 Å². The highest BCUT2D eigenvalue weighted by Gasteiger charge is 2.22. The quantitative estimate of drug-likeness (QED) is 0.416. The van der Waals surface area contributed by atoms with Crippen molar-refractivity contribution in [1.29, 1.82) is 0 Å². The van der Waals surface area contributed by atoms with E-state index in [2.05, 4.69) is 46.6 Å². The molecule has 0 spiro atoms. The molecule has 1 fully saturated rings. The first-order valence-corrected chi connectivity index (χ1v) is 11.9. The lowest BCUT2D eigenvalue weighted by atomic mass is 9.93. The lowest BCUT2D eigenvalue weighted by Gasteiger charge is -2.32. The summed E-state index contributed by atoms with van der Waals surface area (Å²) in [6.45, 7) is 2.51. The Morgan fingerprint density at radius 2 is 1.88 bits per heavy atom. The van der Waals surface area contributed by atoms with Crippen molar-refractivity contribution in [2.75, 3.05) is 29.9 Å². The molecule has 2 amide bonds.